The third-order valence-electron chi connectivity index (χ3n) is 2.67. The van der Waals surface area contributed by atoms with Gasteiger partial charge in [-0.25, -0.2) is 0 Å². The van der Waals surface area contributed by atoms with Gasteiger partial charge in [-0.05, 0) is 6.92 Å². The van der Waals surface area contributed by atoms with E-state index in [-0.39, 0.29) is 81.2 Å². The predicted molar refractivity (Wildman–Crippen MR) is 117 cm³/mol. The summed E-state index contributed by atoms with van der Waals surface area (Å²) in [5.41, 5.74) is 57.1. The Bertz CT molecular complexity index is 802. The van der Waals surface area contributed by atoms with Crippen LogP contribution < -0.4 is 92.8 Å². The Morgan fingerprint density at radius 3 is 1.12 bits per heavy atom. The number of rotatable bonds is 2. The van der Waals surface area contributed by atoms with E-state index >= 15 is 0 Å². The predicted octanol–water partition coefficient (Wildman–Crippen LogP) is -7.64. The van der Waals surface area contributed by atoms with Crippen LogP contribution in [0.1, 0.15) is 5.56 Å². The summed E-state index contributed by atoms with van der Waals surface area (Å²) in [7, 11) is 0. The monoisotopic (exact) mass is 648 g/mol. The van der Waals surface area contributed by atoms with Crippen LogP contribution in [0.5, 0.6) is 5.75 Å². The standard InChI is InChI=1S/C7H6N2O5.3C2H8N4.Co.HI/c1-4-2-5(8(11)12)3-6(7(4)10)9(13)14;3*3-1(4)2(5)6;;/h2-3,10H,1H3;3*3-6H2;;1H/q;;;;+3;/p-1. The van der Waals surface area contributed by atoms with Crippen LogP contribution in [0.15, 0.2) is 47.1 Å². The number of non-ortho nitro benzene ring substituents is 1. The maximum Gasteiger partial charge on any atom is 3.00 e. The van der Waals surface area contributed by atoms with E-state index in [1.165, 1.54) is 6.92 Å². The number of nitro benzene ring substituents is 2. The SMILES string of the molecule is Cc1cc([N+](=O)[O-])cc([N+](=O)[O-])c1O.NC(N)=C(N)N.NC(N)=C(N)N.NC(N)=C(N)N.[Co+3].[I-]. The first-order valence-corrected chi connectivity index (χ1v) is 7.77. The third-order valence-corrected chi connectivity index (χ3v) is 2.67. The van der Waals surface area contributed by atoms with Crippen molar-refractivity contribution in [3.8, 4) is 5.75 Å². The summed E-state index contributed by atoms with van der Waals surface area (Å²) in [5.74, 6) is -0.652. The van der Waals surface area contributed by atoms with E-state index in [2.05, 4.69) is 0 Å². The molecule has 1 aromatic rings. The van der Waals surface area contributed by atoms with E-state index in [9.17, 15) is 25.3 Å². The smallest absolute Gasteiger partial charge is 1.00 e. The molecule has 0 aliphatic rings. The molecule has 0 spiro atoms. The Morgan fingerprint density at radius 2 is 0.941 bits per heavy atom. The van der Waals surface area contributed by atoms with Crippen molar-refractivity contribution in [2.24, 2.45) is 68.8 Å². The summed E-state index contributed by atoms with van der Waals surface area (Å²) in [6, 6.07) is 1.80. The normalized spacial score (nSPS) is 7.91. The van der Waals surface area contributed by atoms with Gasteiger partial charge in [0.05, 0.1) is 15.9 Å². The van der Waals surface area contributed by atoms with Gasteiger partial charge in [0.1, 0.15) is 34.9 Å². The van der Waals surface area contributed by atoms with E-state index in [1.807, 2.05) is 0 Å². The zero-order valence-corrected chi connectivity index (χ0v) is 21.0. The third kappa shape index (κ3) is 19.8. The number of nitro groups is 2. The number of hydrogen-bond acceptors (Lipinski definition) is 17. The van der Waals surface area contributed by atoms with E-state index in [0.29, 0.717) is 0 Å². The van der Waals surface area contributed by atoms with Gasteiger partial charge in [0.2, 0.25) is 0 Å². The summed E-state index contributed by atoms with van der Waals surface area (Å²) in [6.07, 6.45) is 0. The van der Waals surface area contributed by atoms with Gasteiger partial charge in [0.15, 0.2) is 5.75 Å². The summed E-state index contributed by atoms with van der Waals surface area (Å²) in [6.45, 7) is 1.36. The summed E-state index contributed by atoms with van der Waals surface area (Å²) in [4.78, 5) is 19.1. The minimum absolute atomic E-state index is 0. The molecule has 0 saturated carbocycles. The second kappa shape index (κ2) is 19.6. The first-order valence-electron chi connectivity index (χ1n) is 7.77. The van der Waals surface area contributed by atoms with Gasteiger partial charge in [-0.3, -0.25) is 20.2 Å². The Balaban J connectivity index is -0.000000119. The fourth-order valence-corrected chi connectivity index (χ4v) is 0.987. The maximum atomic E-state index is 10.4. The number of phenols is 1. The molecule has 0 fully saturated rings. The van der Waals surface area contributed by atoms with Gasteiger partial charge in [0, 0.05) is 11.6 Å². The van der Waals surface area contributed by atoms with E-state index < -0.39 is 27.0 Å². The van der Waals surface area contributed by atoms with Crippen LogP contribution in [-0.4, -0.2) is 15.0 Å². The summed E-state index contributed by atoms with van der Waals surface area (Å²) in [5, 5.41) is 29.9. The molecule has 19 nitrogen and oxygen atoms in total. The van der Waals surface area contributed by atoms with Crippen molar-refractivity contribution in [3.05, 3.63) is 72.9 Å². The molecule has 25 N–H and O–H groups in total. The van der Waals surface area contributed by atoms with Crippen LogP contribution in [0.25, 0.3) is 0 Å². The van der Waals surface area contributed by atoms with Gasteiger partial charge in [-0.15, -0.1) is 0 Å². The van der Waals surface area contributed by atoms with E-state index in [1.54, 1.807) is 0 Å². The molecule has 0 bridgehead atoms. The number of nitrogens with two attached hydrogens (primary N) is 12. The summed E-state index contributed by atoms with van der Waals surface area (Å²) < 4.78 is 0. The molecule has 0 aliphatic carbocycles. The van der Waals surface area contributed by atoms with Crippen LogP contribution in [-0.2, 0) is 16.8 Å². The Hall–Kier alpha value is -4.12. The Morgan fingerprint density at radius 1 is 0.676 bits per heavy atom. The molecule has 0 aliphatic heterocycles. The number of nitrogens with zero attached hydrogens (tertiary/aromatic N) is 2. The molecule has 34 heavy (non-hydrogen) atoms. The van der Waals surface area contributed by atoms with Crippen molar-refractivity contribution in [2.75, 3.05) is 0 Å². The fourth-order valence-electron chi connectivity index (χ4n) is 0.987. The average Bonchev–Trinajstić information content (AvgIpc) is 2.64. The second-order valence-corrected chi connectivity index (χ2v) is 5.38. The quantitative estimate of drug-likeness (QED) is 0.0804. The number of aromatic hydroxyl groups is 1. The molecule has 0 unspecified atom stereocenters. The number of aryl methyl sites for hydroxylation is 1. The van der Waals surface area contributed by atoms with Crippen molar-refractivity contribution < 1.29 is 55.7 Å². The van der Waals surface area contributed by atoms with Crippen molar-refractivity contribution in [1.82, 2.24) is 0 Å². The molecular formula is C13H30CoIN14O5+2. The zero-order chi connectivity index (χ0) is 26.3. The van der Waals surface area contributed by atoms with E-state index in [0.717, 1.165) is 12.1 Å². The molecule has 0 heterocycles. The number of phenolic OH excluding ortho intramolecular Hbond substituents is 1. The zero-order valence-electron chi connectivity index (χ0n) is 17.8. The number of hydrogen-bond donors (Lipinski definition) is 13. The molecule has 0 saturated heterocycles. The largest absolute Gasteiger partial charge is 3.00 e. The minimum Gasteiger partial charge on any atom is -1.00 e. The van der Waals surface area contributed by atoms with Gasteiger partial charge < -0.3 is 97.9 Å². The molecular weight excluding hydrogens is 618 g/mol. The molecule has 1 aromatic carbocycles. The van der Waals surface area contributed by atoms with Crippen LogP contribution >= 0.6 is 0 Å². The fraction of sp³-hybridized carbons (Fsp3) is 0.0769. The van der Waals surface area contributed by atoms with E-state index in [4.69, 9.17) is 68.8 Å². The topological polar surface area (TPSA) is 419 Å². The molecule has 0 aromatic heterocycles. The molecule has 21 heteroatoms. The number of benzene rings is 1. The average molecular weight is 648 g/mol. The first kappa shape index (κ1) is 40.3. The van der Waals surface area contributed by atoms with Crippen LogP contribution in [0, 0.1) is 27.2 Å². The van der Waals surface area contributed by atoms with Crippen LogP contribution in [0.2, 0.25) is 0 Å². The summed E-state index contributed by atoms with van der Waals surface area (Å²) >= 11 is 0. The molecule has 0 amide bonds. The molecule has 0 radical (unpaired) electrons. The molecule has 196 valence electrons. The van der Waals surface area contributed by atoms with Crippen LogP contribution in [0.4, 0.5) is 11.4 Å². The van der Waals surface area contributed by atoms with Gasteiger partial charge >= 0.3 is 22.5 Å². The number of halogens is 1. The van der Waals surface area contributed by atoms with Crippen molar-refractivity contribution in [3.63, 3.8) is 0 Å². The van der Waals surface area contributed by atoms with Gasteiger partial charge in [-0.1, -0.05) is 0 Å². The van der Waals surface area contributed by atoms with Crippen molar-refractivity contribution in [1.29, 1.82) is 0 Å². The Labute approximate surface area is 221 Å². The minimum atomic E-state index is -0.866. The molecule has 1 rings (SSSR count). The molecule has 0 atom stereocenters. The van der Waals surface area contributed by atoms with Gasteiger partial charge in [-0.2, -0.15) is 0 Å². The van der Waals surface area contributed by atoms with Crippen LogP contribution in [0.3, 0.4) is 0 Å². The second-order valence-electron chi connectivity index (χ2n) is 5.38. The van der Waals surface area contributed by atoms with Crippen molar-refractivity contribution >= 4 is 11.4 Å². The maximum absolute atomic E-state index is 10.4. The van der Waals surface area contributed by atoms with Gasteiger partial charge in [0.25, 0.3) is 5.69 Å². The Kier molecular flexibility index (Phi) is 23.2. The van der Waals surface area contributed by atoms with Crippen molar-refractivity contribution in [2.45, 2.75) is 6.92 Å². The first-order chi connectivity index (χ1) is 14.4.